The van der Waals surface area contributed by atoms with Gasteiger partial charge in [-0.15, -0.1) is 30.4 Å². The first-order chi connectivity index (χ1) is 7.76. The minimum absolute atomic E-state index is 0. The first-order valence-electron chi connectivity index (χ1n) is 6.24. The summed E-state index contributed by atoms with van der Waals surface area (Å²) < 4.78 is 0. The van der Waals surface area contributed by atoms with Crippen molar-refractivity contribution >= 4 is 29.9 Å². The lowest BCUT2D eigenvalue weighted by Gasteiger charge is -2.28. The van der Waals surface area contributed by atoms with Crippen LogP contribution in [0, 0.1) is 18.3 Å². The molecule has 0 aromatic carbocycles. The Morgan fingerprint density at radius 3 is 2.53 bits per heavy atom. The maximum atomic E-state index is 5.21. The summed E-state index contributed by atoms with van der Waals surface area (Å²) >= 11 is 0. The van der Waals surface area contributed by atoms with E-state index in [2.05, 4.69) is 35.4 Å². The molecule has 1 saturated carbocycles. The Labute approximate surface area is 122 Å². The highest BCUT2D eigenvalue weighted by Gasteiger charge is 2.18. The fourth-order valence-corrected chi connectivity index (χ4v) is 2.04. The fourth-order valence-electron chi connectivity index (χ4n) is 2.04. The van der Waals surface area contributed by atoms with Crippen LogP contribution in [0.5, 0.6) is 0 Å². The van der Waals surface area contributed by atoms with E-state index >= 15 is 0 Å². The van der Waals surface area contributed by atoms with Crippen LogP contribution in [0.4, 0.5) is 0 Å². The molecule has 0 radical (unpaired) electrons. The average Bonchev–Trinajstić information content (AvgIpc) is 2.29. The highest BCUT2D eigenvalue weighted by molar-refractivity contribution is 14.0. The number of nitrogens with zero attached hydrogens (tertiary/aromatic N) is 1. The van der Waals surface area contributed by atoms with Gasteiger partial charge in [-0.25, -0.2) is 4.99 Å². The van der Waals surface area contributed by atoms with Crippen LogP contribution in [0.2, 0.25) is 0 Å². The number of hydrogen-bond acceptors (Lipinski definition) is 1. The smallest absolute Gasteiger partial charge is 0.192 e. The van der Waals surface area contributed by atoms with Crippen molar-refractivity contribution in [2.45, 2.75) is 45.6 Å². The summed E-state index contributed by atoms with van der Waals surface area (Å²) in [6.07, 6.45) is 10.3. The molecule has 4 heteroatoms. The summed E-state index contributed by atoms with van der Waals surface area (Å²) in [5.41, 5.74) is 0. The molecule has 0 aromatic rings. The van der Waals surface area contributed by atoms with E-state index in [1.165, 1.54) is 25.7 Å². The van der Waals surface area contributed by atoms with Crippen molar-refractivity contribution in [1.82, 2.24) is 10.6 Å². The van der Waals surface area contributed by atoms with Gasteiger partial charge in [-0.2, -0.15) is 0 Å². The van der Waals surface area contributed by atoms with Crippen LogP contribution >= 0.6 is 24.0 Å². The van der Waals surface area contributed by atoms with Crippen LogP contribution in [0.15, 0.2) is 4.99 Å². The molecule has 0 bridgehead atoms. The zero-order valence-corrected chi connectivity index (χ0v) is 13.2. The average molecular weight is 349 g/mol. The second kappa shape index (κ2) is 9.58. The Bertz CT molecular complexity index is 262. The van der Waals surface area contributed by atoms with Gasteiger partial charge in [0.15, 0.2) is 5.96 Å². The normalized spacial score (nSPS) is 24.4. The monoisotopic (exact) mass is 349 g/mol. The molecule has 0 unspecified atom stereocenters. The SMILES string of the molecule is C#CCN=C(NCC)NC1CCC(C)CC1.I. The molecule has 1 aliphatic carbocycles. The molecule has 0 amide bonds. The van der Waals surface area contributed by atoms with E-state index in [0.29, 0.717) is 12.6 Å². The summed E-state index contributed by atoms with van der Waals surface area (Å²) in [5.74, 6) is 4.27. The molecule has 0 atom stereocenters. The number of guanidine groups is 1. The first kappa shape index (κ1) is 16.6. The van der Waals surface area contributed by atoms with Crippen molar-refractivity contribution in [2.24, 2.45) is 10.9 Å². The minimum Gasteiger partial charge on any atom is -0.357 e. The van der Waals surface area contributed by atoms with Gasteiger partial charge in [0.2, 0.25) is 0 Å². The van der Waals surface area contributed by atoms with Gasteiger partial charge in [-0.1, -0.05) is 12.8 Å². The second-order valence-corrected chi connectivity index (χ2v) is 4.50. The topological polar surface area (TPSA) is 36.4 Å². The Morgan fingerprint density at radius 2 is 2.00 bits per heavy atom. The summed E-state index contributed by atoms with van der Waals surface area (Å²) in [7, 11) is 0. The van der Waals surface area contributed by atoms with Crippen molar-refractivity contribution in [3.05, 3.63) is 0 Å². The van der Waals surface area contributed by atoms with Gasteiger partial charge >= 0.3 is 0 Å². The van der Waals surface area contributed by atoms with E-state index in [1.54, 1.807) is 0 Å². The Morgan fingerprint density at radius 1 is 1.35 bits per heavy atom. The molecule has 2 N–H and O–H groups in total. The van der Waals surface area contributed by atoms with Gasteiger partial charge in [-0.05, 0) is 38.5 Å². The summed E-state index contributed by atoms with van der Waals surface area (Å²) in [6, 6.07) is 0.562. The van der Waals surface area contributed by atoms with Crippen LogP contribution in [-0.4, -0.2) is 25.1 Å². The van der Waals surface area contributed by atoms with Gasteiger partial charge in [0, 0.05) is 12.6 Å². The third kappa shape index (κ3) is 6.77. The number of aliphatic imine (C=N–C) groups is 1. The number of rotatable bonds is 3. The van der Waals surface area contributed by atoms with E-state index < -0.39 is 0 Å². The molecular formula is C13H24IN3. The van der Waals surface area contributed by atoms with Gasteiger partial charge in [0.25, 0.3) is 0 Å². The molecule has 0 heterocycles. The molecule has 3 nitrogen and oxygen atoms in total. The number of terminal acetylenes is 1. The van der Waals surface area contributed by atoms with Crippen LogP contribution in [0.25, 0.3) is 0 Å². The lowest BCUT2D eigenvalue weighted by molar-refractivity contribution is 0.329. The van der Waals surface area contributed by atoms with Crippen molar-refractivity contribution in [3.8, 4) is 12.3 Å². The Balaban J connectivity index is 0.00000256. The predicted octanol–water partition coefficient (Wildman–Crippen LogP) is 2.37. The molecule has 98 valence electrons. The highest BCUT2D eigenvalue weighted by Crippen LogP contribution is 2.23. The maximum absolute atomic E-state index is 5.21. The van der Waals surface area contributed by atoms with Crippen molar-refractivity contribution in [1.29, 1.82) is 0 Å². The van der Waals surface area contributed by atoms with E-state index in [1.807, 2.05) is 0 Å². The molecule has 0 spiro atoms. The highest BCUT2D eigenvalue weighted by atomic mass is 127. The maximum Gasteiger partial charge on any atom is 0.192 e. The second-order valence-electron chi connectivity index (χ2n) is 4.50. The van der Waals surface area contributed by atoms with Crippen molar-refractivity contribution < 1.29 is 0 Å². The molecule has 17 heavy (non-hydrogen) atoms. The Hall–Kier alpha value is -0.440. The number of halogens is 1. The lowest BCUT2D eigenvalue weighted by atomic mass is 9.87. The third-order valence-electron chi connectivity index (χ3n) is 3.03. The van der Waals surface area contributed by atoms with Gasteiger partial charge in [0.05, 0.1) is 0 Å². The molecule has 1 fully saturated rings. The van der Waals surface area contributed by atoms with Crippen LogP contribution in [-0.2, 0) is 0 Å². The van der Waals surface area contributed by atoms with Gasteiger partial charge < -0.3 is 10.6 Å². The van der Waals surface area contributed by atoms with E-state index in [9.17, 15) is 0 Å². The van der Waals surface area contributed by atoms with E-state index in [0.717, 1.165) is 18.4 Å². The molecule has 1 rings (SSSR count). The van der Waals surface area contributed by atoms with E-state index in [-0.39, 0.29) is 24.0 Å². The summed E-state index contributed by atoms with van der Waals surface area (Å²) in [4.78, 5) is 4.30. The van der Waals surface area contributed by atoms with Gasteiger partial charge in [-0.3, -0.25) is 0 Å². The summed E-state index contributed by atoms with van der Waals surface area (Å²) in [6.45, 7) is 5.71. The standard InChI is InChI=1S/C13H23N3.HI/c1-4-10-15-13(14-5-2)16-12-8-6-11(3)7-9-12;/h1,11-12H,5-10H2,2-3H3,(H2,14,15,16);1H. The first-order valence-corrected chi connectivity index (χ1v) is 6.24. The molecule has 0 aromatic heterocycles. The van der Waals surface area contributed by atoms with Gasteiger partial charge in [0.1, 0.15) is 6.54 Å². The molecule has 0 aliphatic heterocycles. The zero-order chi connectivity index (χ0) is 11.8. The number of nitrogens with one attached hydrogen (secondary N) is 2. The Kier molecular flexibility index (Phi) is 9.33. The van der Waals surface area contributed by atoms with Crippen LogP contribution in [0.1, 0.15) is 39.5 Å². The minimum atomic E-state index is 0. The van der Waals surface area contributed by atoms with Crippen molar-refractivity contribution in [2.75, 3.05) is 13.1 Å². The molecule has 0 saturated heterocycles. The largest absolute Gasteiger partial charge is 0.357 e. The van der Waals surface area contributed by atoms with E-state index in [4.69, 9.17) is 6.42 Å². The molecular weight excluding hydrogens is 325 g/mol. The predicted molar refractivity (Wildman–Crippen MR) is 84.8 cm³/mol. The molecule has 1 aliphatic rings. The van der Waals surface area contributed by atoms with Crippen LogP contribution < -0.4 is 10.6 Å². The number of hydrogen-bond donors (Lipinski definition) is 2. The third-order valence-corrected chi connectivity index (χ3v) is 3.03. The van der Waals surface area contributed by atoms with Crippen LogP contribution in [0.3, 0.4) is 0 Å². The quantitative estimate of drug-likeness (QED) is 0.355. The lowest BCUT2D eigenvalue weighted by Crippen LogP contribution is -2.44. The zero-order valence-electron chi connectivity index (χ0n) is 10.8. The summed E-state index contributed by atoms with van der Waals surface area (Å²) in [5, 5.41) is 6.67. The van der Waals surface area contributed by atoms with Crippen molar-refractivity contribution in [3.63, 3.8) is 0 Å². The fraction of sp³-hybridized carbons (Fsp3) is 0.769.